The van der Waals surface area contributed by atoms with Crippen LogP contribution in [0, 0.1) is 0 Å². The zero-order valence-corrected chi connectivity index (χ0v) is 9.78. The van der Waals surface area contributed by atoms with Gasteiger partial charge in [0.05, 0.1) is 0 Å². The van der Waals surface area contributed by atoms with Gasteiger partial charge in [-0.1, -0.05) is 41.9 Å². The lowest BCUT2D eigenvalue weighted by Crippen LogP contribution is -1.85. The maximum absolute atomic E-state index is 3.43. The number of thioether (sulfide) groups is 1. The summed E-state index contributed by atoms with van der Waals surface area (Å²) in [5.41, 5.74) is 1.34. The standard InChI is InChI=1S/C10H13BrS/c1-8(2)12-10-5-3-9(7-11)4-6-10/h3-6,8H,7H2,1-2H3. The number of hydrogen-bond acceptors (Lipinski definition) is 1. The molecule has 1 aromatic rings. The molecule has 1 rings (SSSR count). The monoisotopic (exact) mass is 244 g/mol. The third kappa shape index (κ3) is 3.20. The Bertz CT molecular complexity index is 228. The Morgan fingerprint density at radius 1 is 1.25 bits per heavy atom. The first-order valence-corrected chi connectivity index (χ1v) is 6.04. The van der Waals surface area contributed by atoms with Gasteiger partial charge in [0.25, 0.3) is 0 Å². The topological polar surface area (TPSA) is 0 Å². The van der Waals surface area contributed by atoms with E-state index in [-0.39, 0.29) is 0 Å². The fourth-order valence-corrected chi connectivity index (χ4v) is 2.14. The molecule has 66 valence electrons. The highest BCUT2D eigenvalue weighted by molar-refractivity contribution is 9.08. The maximum Gasteiger partial charge on any atom is 0.0283 e. The molecule has 12 heavy (non-hydrogen) atoms. The summed E-state index contributed by atoms with van der Waals surface area (Å²) in [5, 5.41) is 1.61. The molecule has 0 unspecified atom stereocenters. The van der Waals surface area contributed by atoms with Crippen LogP contribution in [0.25, 0.3) is 0 Å². The van der Waals surface area contributed by atoms with E-state index in [9.17, 15) is 0 Å². The fourth-order valence-electron chi connectivity index (χ4n) is 0.929. The van der Waals surface area contributed by atoms with E-state index < -0.39 is 0 Å². The normalized spacial score (nSPS) is 10.7. The van der Waals surface area contributed by atoms with Crippen LogP contribution in [0.1, 0.15) is 19.4 Å². The minimum absolute atomic E-state index is 0.667. The minimum Gasteiger partial charge on any atom is -0.123 e. The minimum atomic E-state index is 0.667. The van der Waals surface area contributed by atoms with Crippen LogP contribution in [0.2, 0.25) is 0 Å². The van der Waals surface area contributed by atoms with E-state index in [2.05, 4.69) is 54.0 Å². The molecule has 0 aliphatic rings. The van der Waals surface area contributed by atoms with Crippen molar-refractivity contribution < 1.29 is 0 Å². The molecule has 2 heteroatoms. The van der Waals surface area contributed by atoms with Gasteiger partial charge in [-0.2, -0.15) is 0 Å². The van der Waals surface area contributed by atoms with E-state index in [1.165, 1.54) is 10.5 Å². The average Bonchev–Trinajstić information content (AvgIpc) is 2.05. The Hall–Kier alpha value is 0.0500. The summed E-state index contributed by atoms with van der Waals surface area (Å²) in [7, 11) is 0. The molecule has 0 heterocycles. The zero-order chi connectivity index (χ0) is 8.97. The van der Waals surface area contributed by atoms with Gasteiger partial charge in [0, 0.05) is 15.5 Å². The average molecular weight is 245 g/mol. The van der Waals surface area contributed by atoms with E-state index in [1.807, 2.05) is 11.8 Å². The summed E-state index contributed by atoms with van der Waals surface area (Å²) in [4.78, 5) is 1.36. The van der Waals surface area contributed by atoms with Crippen LogP contribution in [0.4, 0.5) is 0 Å². The molecule has 0 radical (unpaired) electrons. The molecule has 0 amide bonds. The molecule has 0 aliphatic carbocycles. The lowest BCUT2D eigenvalue weighted by atomic mass is 10.2. The quantitative estimate of drug-likeness (QED) is 0.571. The second kappa shape index (κ2) is 4.93. The molecular formula is C10H13BrS. The molecule has 0 spiro atoms. The van der Waals surface area contributed by atoms with E-state index in [1.54, 1.807) is 0 Å². The number of hydrogen-bond donors (Lipinski definition) is 0. The van der Waals surface area contributed by atoms with Crippen molar-refractivity contribution in [3.8, 4) is 0 Å². The largest absolute Gasteiger partial charge is 0.123 e. The van der Waals surface area contributed by atoms with Crippen LogP contribution in [0.3, 0.4) is 0 Å². The summed E-state index contributed by atoms with van der Waals surface area (Å²) in [6.07, 6.45) is 0. The van der Waals surface area contributed by atoms with Crippen molar-refractivity contribution in [2.45, 2.75) is 29.3 Å². The first-order chi connectivity index (χ1) is 5.72. The summed E-state index contributed by atoms with van der Waals surface area (Å²) >= 11 is 5.33. The highest BCUT2D eigenvalue weighted by atomic mass is 79.9. The van der Waals surface area contributed by atoms with Crippen molar-refractivity contribution in [1.82, 2.24) is 0 Å². The van der Waals surface area contributed by atoms with E-state index in [4.69, 9.17) is 0 Å². The number of alkyl halides is 1. The summed E-state index contributed by atoms with van der Waals surface area (Å²) in [5.74, 6) is 0. The number of rotatable bonds is 3. The highest BCUT2D eigenvalue weighted by Crippen LogP contribution is 2.23. The van der Waals surface area contributed by atoms with Crippen LogP contribution in [-0.4, -0.2) is 5.25 Å². The predicted octanol–water partition coefficient (Wildman–Crippen LogP) is 4.08. The summed E-state index contributed by atoms with van der Waals surface area (Å²) < 4.78 is 0. The van der Waals surface area contributed by atoms with Gasteiger partial charge in [0.2, 0.25) is 0 Å². The van der Waals surface area contributed by atoms with Crippen molar-refractivity contribution in [3.63, 3.8) is 0 Å². The molecular weight excluding hydrogens is 232 g/mol. The van der Waals surface area contributed by atoms with Crippen molar-refractivity contribution in [2.24, 2.45) is 0 Å². The van der Waals surface area contributed by atoms with E-state index in [0.29, 0.717) is 5.25 Å². The maximum atomic E-state index is 3.43. The van der Waals surface area contributed by atoms with Crippen molar-refractivity contribution >= 4 is 27.7 Å². The lowest BCUT2D eigenvalue weighted by molar-refractivity contribution is 1.11. The third-order valence-corrected chi connectivity index (χ3v) is 3.11. The number of benzene rings is 1. The van der Waals surface area contributed by atoms with Crippen molar-refractivity contribution in [2.75, 3.05) is 0 Å². The first kappa shape index (κ1) is 10.1. The smallest absolute Gasteiger partial charge is 0.0283 e. The Labute approximate surface area is 86.9 Å². The van der Waals surface area contributed by atoms with E-state index in [0.717, 1.165) is 5.33 Å². The van der Waals surface area contributed by atoms with Gasteiger partial charge >= 0.3 is 0 Å². The van der Waals surface area contributed by atoms with Gasteiger partial charge < -0.3 is 0 Å². The molecule has 0 saturated heterocycles. The van der Waals surface area contributed by atoms with Crippen LogP contribution >= 0.6 is 27.7 Å². The molecule has 0 aromatic heterocycles. The second-order valence-electron chi connectivity index (χ2n) is 2.94. The summed E-state index contributed by atoms with van der Waals surface area (Å²) in [6, 6.07) is 8.70. The van der Waals surface area contributed by atoms with Gasteiger partial charge in [-0.15, -0.1) is 11.8 Å². The van der Waals surface area contributed by atoms with Crippen molar-refractivity contribution in [3.05, 3.63) is 29.8 Å². The van der Waals surface area contributed by atoms with Gasteiger partial charge in [-0.3, -0.25) is 0 Å². The van der Waals surface area contributed by atoms with Crippen LogP contribution in [-0.2, 0) is 5.33 Å². The Morgan fingerprint density at radius 3 is 2.25 bits per heavy atom. The van der Waals surface area contributed by atoms with Crippen LogP contribution in [0.5, 0.6) is 0 Å². The molecule has 0 atom stereocenters. The Balaban J connectivity index is 2.65. The zero-order valence-electron chi connectivity index (χ0n) is 7.38. The van der Waals surface area contributed by atoms with Gasteiger partial charge in [-0.25, -0.2) is 0 Å². The highest BCUT2D eigenvalue weighted by Gasteiger charge is 1.97. The molecule has 0 fully saturated rings. The first-order valence-electron chi connectivity index (χ1n) is 4.04. The van der Waals surface area contributed by atoms with E-state index >= 15 is 0 Å². The lowest BCUT2D eigenvalue weighted by Gasteiger charge is -2.04. The Kier molecular flexibility index (Phi) is 4.16. The molecule has 0 nitrogen and oxygen atoms in total. The number of halogens is 1. The van der Waals surface area contributed by atoms with Gasteiger partial charge in [-0.05, 0) is 17.7 Å². The SMILES string of the molecule is CC(C)Sc1ccc(CBr)cc1. The van der Waals surface area contributed by atoms with Gasteiger partial charge in [0.15, 0.2) is 0 Å². The Morgan fingerprint density at radius 2 is 1.83 bits per heavy atom. The van der Waals surface area contributed by atoms with Crippen LogP contribution < -0.4 is 0 Å². The van der Waals surface area contributed by atoms with Gasteiger partial charge in [0.1, 0.15) is 0 Å². The van der Waals surface area contributed by atoms with Crippen molar-refractivity contribution in [1.29, 1.82) is 0 Å². The van der Waals surface area contributed by atoms with Crippen LogP contribution in [0.15, 0.2) is 29.2 Å². The third-order valence-electron chi connectivity index (χ3n) is 1.45. The second-order valence-corrected chi connectivity index (χ2v) is 5.15. The molecule has 1 aromatic carbocycles. The molecule has 0 bridgehead atoms. The molecule has 0 N–H and O–H groups in total. The predicted molar refractivity (Wildman–Crippen MR) is 60.1 cm³/mol. The summed E-state index contributed by atoms with van der Waals surface area (Å²) in [6.45, 7) is 4.42. The fraction of sp³-hybridized carbons (Fsp3) is 0.400. The molecule has 0 saturated carbocycles. The molecule has 0 aliphatic heterocycles.